The van der Waals surface area contributed by atoms with Gasteiger partial charge in [0.2, 0.25) is 0 Å². The van der Waals surface area contributed by atoms with Crippen molar-refractivity contribution in [2.24, 2.45) is 0 Å². The fourth-order valence-electron chi connectivity index (χ4n) is 1.16. The van der Waals surface area contributed by atoms with Gasteiger partial charge in [-0.3, -0.25) is 0 Å². The zero-order valence-electron chi connectivity index (χ0n) is 8.53. The van der Waals surface area contributed by atoms with Crippen LogP contribution in [0.1, 0.15) is 30.9 Å². The summed E-state index contributed by atoms with van der Waals surface area (Å²) < 4.78 is 0. The predicted octanol–water partition coefficient (Wildman–Crippen LogP) is 4.32. The minimum Gasteiger partial charge on any atom is -0.211 e. The zero-order valence-corrected chi connectivity index (χ0v) is 12.4. The van der Waals surface area contributed by atoms with Crippen molar-refractivity contribution in [2.45, 2.75) is 33.1 Å². The van der Waals surface area contributed by atoms with Crippen molar-refractivity contribution < 1.29 is 18.6 Å². The molecule has 1 rings (SSSR count). The van der Waals surface area contributed by atoms with E-state index >= 15 is 0 Å². The second kappa shape index (κ2) is 13.8. The summed E-state index contributed by atoms with van der Waals surface area (Å²) in [4.78, 5) is 0. The Labute approximate surface area is 118 Å². The normalized spacial score (nSPS) is 7.29. The van der Waals surface area contributed by atoms with Gasteiger partial charge in [0.05, 0.1) is 0 Å². The topological polar surface area (TPSA) is 0 Å². The number of rotatable bonds is 3. The molecule has 0 nitrogen and oxygen atoms in total. The monoisotopic (exact) mass is 294 g/mol. The van der Waals surface area contributed by atoms with Crippen LogP contribution in [0.25, 0.3) is 0 Å². The minimum absolute atomic E-state index is 0. The molecule has 0 fully saturated rings. The summed E-state index contributed by atoms with van der Waals surface area (Å²) in [5.41, 5.74) is 2.89. The molecule has 0 saturated carbocycles. The number of unbranched alkanes of at least 4 members (excludes halogenated alkanes) is 1. The molecule has 85 valence electrons. The largest absolute Gasteiger partial charge is 0.211 e. The smallest absolute Gasteiger partial charge is 0 e. The van der Waals surface area contributed by atoms with Gasteiger partial charge in [0.1, 0.15) is 0 Å². The van der Waals surface area contributed by atoms with E-state index in [2.05, 4.69) is 32.0 Å². The van der Waals surface area contributed by atoms with Crippen molar-refractivity contribution in [3.05, 3.63) is 29.3 Å². The molecule has 0 N–H and O–H groups in total. The molecule has 0 atom stereocenters. The van der Waals surface area contributed by atoms with Crippen LogP contribution in [0.5, 0.6) is 0 Å². The van der Waals surface area contributed by atoms with Crippen LogP contribution in [0.3, 0.4) is 0 Å². The average molecular weight is 296 g/mol. The summed E-state index contributed by atoms with van der Waals surface area (Å²) >= 11 is 0. The van der Waals surface area contributed by atoms with Crippen LogP contribution in [-0.2, 0) is 25.0 Å². The van der Waals surface area contributed by atoms with Gasteiger partial charge in [-0.1, -0.05) is 33.1 Å². The Morgan fingerprint density at radius 3 is 2.14 bits per heavy atom. The molecule has 0 aliphatic heterocycles. The fourth-order valence-corrected chi connectivity index (χ4v) is 1.16. The van der Waals surface area contributed by atoms with Gasteiger partial charge in [-0.15, -0.1) is 37.2 Å². The van der Waals surface area contributed by atoms with Crippen LogP contribution >= 0.6 is 37.2 Å². The van der Waals surface area contributed by atoms with Gasteiger partial charge in [0.25, 0.3) is 0 Å². The molecule has 0 aromatic heterocycles. The zero-order chi connectivity index (χ0) is 7.40. The van der Waals surface area contributed by atoms with Gasteiger partial charge in [-0.25, -0.2) is 11.6 Å². The van der Waals surface area contributed by atoms with E-state index in [9.17, 15) is 0 Å². The van der Waals surface area contributed by atoms with Crippen LogP contribution in [0.2, 0.25) is 0 Å². The van der Waals surface area contributed by atoms with Crippen LogP contribution in [0.15, 0.2) is 18.2 Å². The maximum absolute atomic E-state index is 2.27. The summed E-state index contributed by atoms with van der Waals surface area (Å²) in [6.07, 6.45) is 3.87. The number of halogens is 3. The standard InChI is InChI=1S/C10H15.3ClH.V/c1-3-4-5-10-7-6-9(2)8-10;;;;/h6-8H,3-5H2,1-2H3;3*1H;/q-1;;;;. The first-order valence-electron chi connectivity index (χ1n) is 4.05. The first kappa shape index (κ1) is 24.2. The Morgan fingerprint density at radius 1 is 1.21 bits per heavy atom. The Balaban J connectivity index is -0.000000125. The summed E-state index contributed by atoms with van der Waals surface area (Å²) in [5, 5.41) is 0. The van der Waals surface area contributed by atoms with Crippen molar-refractivity contribution in [1.82, 2.24) is 0 Å². The molecule has 0 amide bonds. The molecule has 0 saturated heterocycles. The van der Waals surface area contributed by atoms with E-state index in [1.807, 2.05) is 0 Å². The maximum Gasteiger partial charge on any atom is 0 e. The maximum atomic E-state index is 2.27. The molecule has 1 radical (unpaired) electrons. The van der Waals surface area contributed by atoms with Gasteiger partial charge in [-0.2, -0.15) is 17.7 Å². The molecular weight excluding hydrogens is 277 g/mol. The molecule has 0 spiro atoms. The Kier molecular flexibility index (Phi) is 23.8. The Morgan fingerprint density at radius 2 is 1.79 bits per heavy atom. The Bertz CT molecular complexity index is 199. The molecule has 0 heterocycles. The van der Waals surface area contributed by atoms with Crippen LogP contribution in [0.4, 0.5) is 0 Å². The first-order valence-corrected chi connectivity index (χ1v) is 4.05. The third kappa shape index (κ3) is 9.36. The molecule has 1 aromatic carbocycles. The van der Waals surface area contributed by atoms with E-state index < -0.39 is 0 Å². The van der Waals surface area contributed by atoms with Crippen molar-refractivity contribution in [2.75, 3.05) is 0 Å². The fraction of sp³-hybridized carbons (Fsp3) is 0.500. The molecule has 4 heteroatoms. The van der Waals surface area contributed by atoms with E-state index in [-0.39, 0.29) is 55.8 Å². The van der Waals surface area contributed by atoms with Gasteiger partial charge >= 0.3 is 0 Å². The van der Waals surface area contributed by atoms with Crippen LogP contribution < -0.4 is 0 Å². The Hall–Kier alpha value is 0.804. The molecule has 0 aliphatic carbocycles. The van der Waals surface area contributed by atoms with E-state index in [4.69, 9.17) is 0 Å². The van der Waals surface area contributed by atoms with E-state index in [1.165, 1.54) is 30.4 Å². The molecule has 0 unspecified atom stereocenters. The van der Waals surface area contributed by atoms with Crippen LogP contribution in [-0.4, -0.2) is 0 Å². The predicted molar refractivity (Wildman–Crippen MR) is 67.1 cm³/mol. The summed E-state index contributed by atoms with van der Waals surface area (Å²) in [7, 11) is 0. The van der Waals surface area contributed by atoms with Gasteiger partial charge in [-0.05, 0) is 0 Å². The van der Waals surface area contributed by atoms with Crippen LogP contribution in [0, 0.1) is 6.92 Å². The minimum atomic E-state index is 0. The number of hydrogen-bond acceptors (Lipinski definition) is 0. The molecule has 14 heavy (non-hydrogen) atoms. The van der Waals surface area contributed by atoms with Gasteiger partial charge in [0, 0.05) is 18.6 Å². The van der Waals surface area contributed by atoms with E-state index in [1.54, 1.807) is 0 Å². The third-order valence-electron chi connectivity index (χ3n) is 1.79. The quantitative estimate of drug-likeness (QED) is 0.729. The molecule has 0 bridgehead atoms. The second-order valence-corrected chi connectivity index (χ2v) is 2.90. The molecule has 1 aromatic rings. The molecular formula is C10H18Cl3V-. The van der Waals surface area contributed by atoms with Crippen molar-refractivity contribution >= 4 is 37.2 Å². The second-order valence-electron chi connectivity index (χ2n) is 2.90. The van der Waals surface area contributed by atoms with Crippen molar-refractivity contribution in [1.29, 1.82) is 0 Å². The van der Waals surface area contributed by atoms with Gasteiger partial charge in [0.15, 0.2) is 0 Å². The molecule has 0 aliphatic rings. The first-order chi connectivity index (χ1) is 4.83. The summed E-state index contributed by atoms with van der Waals surface area (Å²) in [5.74, 6) is 0. The van der Waals surface area contributed by atoms with E-state index in [0.29, 0.717) is 0 Å². The summed E-state index contributed by atoms with van der Waals surface area (Å²) in [6, 6.07) is 6.69. The third-order valence-corrected chi connectivity index (χ3v) is 1.79. The van der Waals surface area contributed by atoms with Crippen molar-refractivity contribution in [3.8, 4) is 0 Å². The van der Waals surface area contributed by atoms with Crippen molar-refractivity contribution in [3.63, 3.8) is 0 Å². The summed E-state index contributed by atoms with van der Waals surface area (Å²) in [6.45, 7) is 4.38. The number of hydrogen-bond donors (Lipinski definition) is 0. The average Bonchev–Trinajstić information content (AvgIpc) is 2.31. The SMILES string of the molecule is CCCC[c-]1ccc(C)c1.Cl.Cl.Cl.[V]. The van der Waals surface area contributed by atoms with E-state index in [0.717, 1.165) is 0 Å². The number of aryl methyl sites for hydroxylation is 2. The van der Waals surface area contributed by atoms with Gasteiger partial charge < -0.3 is 0 Å².